The average Bonchev–Trinajstić information content (AvgIpc) is 3.64. The average molecular weight is 597 g/mol. The summed E-state index contributed by atoms with van der Waals surface area (Å²) in [6.07, 6.45) is -13.7. The fourth-order valence-corrected chi connectivity index (χ4v) is 6.09. The van der Waals surface area contributed by atoms with E-state index in [2.05, 4.69) is 16.2 Å². The van der Waals surface area contributed by atoms with E-state index in [0.717, 1.165) is 12.8 Å². The summed E-state index contributed by atoms with van der Waals surface area (Å²) in [6, 6.07) is 5.08. The smallest absolute Gasteiger partial charge is 0.359 e. The molecule has 9 nitrogen and oxygen atoms in total. The Balaban J connectivity index is 1.47. The van der Waals surface area contributed by atoms with Crippen molar-refractivity contribution in [3.63, 3.8) is 0 Å². The van der Waals surface area contributed by atoms with E-state index in [1.54, 1.807) is 30.3 Å². The van der Waals surface area contributed by atoms with Crippen LogP contribution in [0.15, 0.2) is 30.3 Å². The van der Waals surface area contributed by atoms with Crippen molar-refractivity contribution in [3.05, 3.63) is 46.0 Å². The van der Waals surface area contributed by atoms with Crippen LogP contribution in [0.2, 0.25) is 0 Å². The van der Waals surface area contributed by atoms with Gasteiger partial charge in [-0.25, -0.2) is 10.9 Å². The van der Waals surface area contributed by atoms with Gasteiger partial charge in [0.15, 0.2) is 6.23 Å². The van der Waals surface area contributed by atoms with Crippen LogP contribution in [0.5, 0.6) is 0 Å². The molecular formula is C26H34F6N4O5. The second-order valence-electron chi connectivity index (χ2n) is 11.3. The van der Waals surface area contributed by atoms with E-state index < -0.39 is 78.5 Å². The highest BCUT2D eigenvalue weighted by Gasteiger charge is 2.65. The van der Waals surface area contributed by atoms with Gasteiger partial charge < -0.3 is 14.2 Å². The molecular weight excluding hydrogens is 562 g/mol. The molecule has 4 aliphatic rings. The number of ether oxygens (including phenoxy) is 3. The van der Waals surface area contributed by atoms with Crippen molar-refractivity contribution in [2.45, 2.75) is 113 Å². The zero-order valence-electron chi connectivity index (χ0n) is 22.1. The first-order valence-electron chi connectivity index (χ1n) is 13.9. The lowest BCUT2D eigenvalue weighted by molar-refractivity contribution is -0.539. The van der Waals surface area contributed by atoms with Crippen LogP contribution in [0, 0.1) is 22.0 Å². The molecule has 4 bridgehead atoms. The van der Waals surface area contributed by atoms with Crippen LogP contribution >= 0.6 is 0 Å². The summed E-state index contributed by atoms with van der Waals surface area (Å²) in [7, 11) is 0. The molecule has 5 rings (SSSR count). The van der Waals surface area contributed by atoms with Crippen LogP contribution in [0.25, 0.3) is 0 Å². The number of benzene rings is 1. The largest absolute Gasteiger partial charge is 0.421 e. The van der Waals surface area contributed by atoms with Crippen LogP contribution in [0.4, 0.5) is 26.3 Å². The molecule has 0 spiro atoms. The molecule has 0 aromatic heterocycles. The molecule has 1 aliphatic carbocycles. The number of nitrogens with zero attached hydrogens (tertiary/aromatic N) is 1. The third-order valence-corrected chi connectivity index (χ3v) is 8.54. The molecule has 8 atom stereocenters. The fourth-order valence-electron chi connectivity index (χ4n) is 6.09. The number of rotatable bonds is 5. The van der Waals surface area contributed by atoms with E-state index in [9.17, 15) is 36.5 Å². The van der Waals surface area contributed by atoms with Gasteiger partial charge in [-0.2, -0.15) is 26.3 Å². The van der Waals surface area contributed by atoms with Gasteiger partial charge >= 0.3 is 12.4 Å². The van der Waals surface area contributed by atoms with Crippen molar-refractivity contribution in [1.29, 1.82) is 0 Å². The van der Waals surface area contributed by atoms with Gasteiger partial charge in [-0.15, -0.1) is 0 Å². The van der Waals surface area contributed by atoms with E-state index >= 15 is 0 Å². The molecule has 3 heterocycles. The predicted molar refractivity (Wildman–Crippen MR) is 131 cm³/mol. The molecule has 3 N–H and O–H groups in total. The van der Waals surface area contributed by atoms with Gasteiger partial charge in [0.1, 0.15) is 24.4 Å². The van der Waals surface area contributed by atoms with Crippen molar-refractivity contribution in [2.75, 3.05) is 0 Å². The maximum absolute atomic E-state index is 14.9. The SMILES string of the molecule is O=[N+]([O-])C1CC(C(F)(F)F)C2NC1C1NNC(O1)[C@@](OCc1ccccc1)(C(F)(F)F)CCCCCC(C1CC1)O2. The molecule has 230 valence electrons. The third kappa shape index (κ3) is 6.64. The Morgan fingerprint density at radius 1 is 0.976 bits per heavy atom. The highest BCUT2D eigenvalue weighted by molar-refractivity contribution is 5.14. The highest BCUT2D eigenvalue weighted by Crippen LogP contribution is 2.45. The second-order valence-corrected chi connectivity index (χ2v) is 11.3. The van der Waals surface area contributed by atoms with Crippen molar-refractivity contribution >= 4 is 0 Å². The molecule has 1 aromatic carbocycles. The predicted octanol–water partition coefficient (Wildman–Crippen LogP) is 4.55. The topological polar surface area (TPSA) is 107 Å². The number of nitrogens with one attached hydrogen (secondary N) is 3. The summed E-state index contributed by atoms with van der Waals surface area (Å²) < 4.78 is 104. The van der Waals surface area contributed by atoms with Crippen molar-refractivity contribution in [3.8, 4) is 0 Å². The Hall–Kier alpha value is -2.04. The van der Waals surface area contributed by atoms with Crippen molar-refractivity contribution < 1.29 is 45.5 Å². The Bertz CT molecular complexity index is 1050. The standard InChI is InChI=1S/C26H34F6N4O5/c27-25(28,29)17-13-18(36(37)38)20-22-34-35-23(41-22)24(26(30,31)32,39-14-15-7-3-1-4-8-15)12-6-2-5-9-19(16-10-11-16)40-21(17)33-20/h1,3-4,7-8,16-23,33-35H,2,5-6,9-14H2/t17?,18?,19?,20?,21?,22?,23?,24-/m1/s1. The Morgan fingerprint density at radius 2 is 1.71 bits per heavy atom. The second kappa shape index (κ2) is 11.9. The van der Waals surface area contributed by atoms with Crippen LogP contribution in [0.3, 0.4) is 0 Å². The lowest BCUT2D eigenvalue weighted by Gasteiger charge is -2.43. The zero-order chi connectivity index (χ0) is 29.4. The number of nitro groups is 1. The molecule has 3 aliphatic heterocycles. The molecule has 7 unspecified atom stereocenters. The monoisotopic (exact) mass is 596 g/mol. The van der Waals surface area contributed by atoms with Crippen LogP contribution < -0.4 is 16.2 Å². The highest BCUT2D eigenvalue weighted by atomic mass is 19.4. The summed E-state index contributed by atoms with van der Waals surface area (Å²) in [5, 5.41) is 14.6. The van der Waals surface area contributed by atoms with E-state index in [0.29, 0.717) is 24.8 Å². The molecule has 4 fully saturated rings. The minimum atomic E-state index is -4.92. The Morgan fingerprint density at radius 3 is 2.34 bits per heavy atom. The third-order valence-electron chi connectivity index (χ3n) is 8.54. The summed E-state index contributed by atoms with van der Waals surface area (Å²) in [5.41, 5.74) is 2.66. The van der Waals surface area contributed by atoms with Crippen LogP contribution in [0.1, 0.15) is 56.9 Å². The van der Waals surface area contributed by atoms with Crippen LogP contribution in [-0.2, 0) is 20.8 Å². The van der Waals surface area contributed by atoms with Gasteiger partial charge in [0.25, 0.3) is 0 Å². The van der Waals surface area contributed by atoms with Crippen molar-refractivity contribution in [2.24, 2.45) is 11.8 Å². The lowest BCUT2D eigenvalue weighted by Crippen LogP contribution is -2.67. The van der Waals surface area contributed by atoms with Gasteiger partial charge in [0, 0.05) is 11.3 Å². The fraction of sp³-hybridized carbons (Fsp3) is 0.769. The molecule has 0 amide bonds. The molecule has 15 heteroatoms. The zero-order valence-corrected chi connectivity index (χ0v) is 22.1. The molecule has 0 radical (unpaired) electrons. The normalized spacial score (nSPS) is 37.4. The summed E-state index contributed by atoms with van der Waals surface area (Å²) >= 11 is 0. The maximum atomic E-state index is 14.9. The number of hydrazine groups is 1. The summed E-state index contributed by atoms with van der Waals surface area (Å²) in [5.74, 6) is -2.13. The lowest BCUT2D eigenvalue weighted by atomic mass is 9.87. The van der Waals surface area contributed by atoms with E-state index in [1.807, 2.05) is 0 Å². The minimum Gasteiger partial charge on any atom is -0.359 e. The van der Waals surface area contributed by atoms with E-state index in [4.69, 9.17) is 14.2 Å². The van der Waals surface area contributed by atoms with Gasteiger partial charge in [-0.1, -0.05) is 49.6 Å². The number of piperidine rings is 1. The van der Waals surface area contributed by atoms with Gasteiger partial charge in [0.05, 0.1) is 12.7 Å². The van der Waals surface area contributed by atoms with E-state index in [-0.39, 0.29) is 18.9 Å². The van der Waals surface area contributed by atoms with Gasteiger partial charge in [0.2, 0.25) is 11.6 Å². The molecule has 1 aromatic rings. The molecule has 3 saturated heterocycles. The maximum Gasteiger partial charge on any atom is 0.421 e. The molecule has 41 heavy (non-hydrogen) atoms. The quantitative estimate of drug-likeness (QED) is 0.258. The summed E-state index contributed by atoms with van der Waals surface area (Å²) in [4.78, 5) is 11.1. The summed E-state index contributed by atoms with van der Waals surface area (Å²) in [6.45, 7) is -0.376. The Kier molecular flexibility index (Phi) is 8.84. The molecule has 1 saturated carbocycles. The number of fused-ring (bicyclic) bond motifs is 5. The van der Waals surface area contributed by atoms with Gasteiger partial charge in [-0.3, -0.25) is 15.4 Å². The number of hydrogen-bond acceptors (Lipinski definition) is 8. The first-order chi connectivity index (χ1) is 19.4. The van der Waals surface area contributed by atoms with E-state index in [1.165, 1.54) is 0 Å². The number of halogens is 6. The Labute approximate surface area is 232 Å². The first kappa shape index (κ1) is 30.4. The number of hydrogen-bond donors (Lipinski definition) is 3. The minimum absolute atomic E-state index is 0.0423. The van der Waals surface area contributed by atoms with Gasteiger partial charge in [-0.05, 0) is 37.2 Å². The van der Waals surface area contributed by atoms with Crippen molar-refractivity contribution in [1.82, 2.24) is 16.2 Å². The van der Waals surface area contributed by atoms with Crippen LogP contribution in [-0.4, -0.2) is 59.7 Å². The number of alkyl halides is 6. The first-order valence-corrected chi connectivity index (χ1v) is 13.9.